The lowest BCUT2D eigenvalue weighted by molar-refractivity contribution is -0.137. The van der Waals surface area contributed by atoms with Crippen LogP contribution in [0.5, 0.6) is 0 Å². The van der Waals surface area contributed by atoms with Crippen molar-refractivity contribution in [1.82, 2.24) is 9.55 Å². The maximum atomic E-state index is 12.4. The van der Waals surface area contributed by atoms with Crippen LogP contribution in [0.3, 0.4) is 0 Å². The van der Waals surface area contributed by atoms with Crippen molar-refractivity contribution < 1.29 is 13.2 Å². The van der Waals surface area contributed by atoms with E-state index in [1.54, 1.807) is 17.1 Å². The van der Waals surface area contributed by atoms with Gasteiger partial charge in [0.25, 0.3) is 0 Å². The molecule has 0 spiro atoms. The van der Waals surface area contributed by atoms with Crippen LogP contribution in [0.15, 0.2) is 36.8 Å². The monoisotopic (exact) mass is 255 g/mol. The molecule has 0 unspecified atom stereocenters. The minimum Gasteiger partial charge on any atom is -0.333 e. The summed E-state index contributed by atoms with van der Waals surface area (Å²) in [5, 5.41) is 0. The lowest BCUT2D eigenvalue weighted by atomic mass is 10.1. The Labute approximate surface area is 102 Å². The third-order valence-electron chi connectivity index (χ3n) is 2.54. The van der Waals surface area contributed by atoms with Gasteiger partial charge in [0.1, 0.15) is 0 Å². The van der Waals surface area contributed by atoms with Crippen LogP contribution < -0.4 is 5.73 Å². The number of hydrogen-bond acceptors (Lipinski definition) is 2. The van der Waals surface area contributed by atoms with Crippen LogP contribution in [0.4, 0.5) is 13.2 Å². The van der Waals surface area contributed by atoms with Gasteiger partial charge in [-0.1, -0.05) is 12.1 Å². The number of aromatic nitrogens is 2. The first-order chi connectivity index (χ1) is 8.49. The van der Waals surface area contributed by atoms with E-state index in [1.165, 1.54) is 12.1 Å². The Kier molecular flexibility index (Phi) is 3.38. The Balaban J connectivity index is 2.11. The molecule has 18 heavy (non-hydrogen) atoms. The number of hydrogen-bond donors (Lipinski definition) is 1. The van der Waals surface area contributed by atoms with Gasteiger partial charge in [0, 0.05) is 19.3 Å². The maximum absolute atomic E-state index is 12.4. The van der Waals surface area contributed by atoms with Gasteiger partial charge in [0.05, 0.1) is 17.6 Å². The van der Waals surface area contributed by atoms with E-state index in [2.05, 4.69) is 4.98 Å². The van der Waals surface area contributed by atoms with Crippen molar-refractivity contribution in [3.63, 3.8) is 0 Å². The van der Waals surface area contributed by atoms with Gasteiger partial charge in [0.15, 0.2) is 0 Å². The zero-order valence-corrected chi connectivity index (χ0v) is 9.48. The number of rotatable bonds is 3. The molecule has 0 saturated heterocycles. The van der Waals surface area contributed by atoms with Crippen molar-refractivity contribution in [1.29, 1.82) is 0 Å². The molecule has 2 rings (SSSR count). The number of nitrogens with two attached hydrogens (primary N) is 1. The third kappa shape index (κ3) is 2.89. The molecule has 0 amide bonds. The highest BCUT2D eigenvalue weighted by Crippen LogP contribution is 2.29. The maximum Gasteiger partial charge on any atom is 0.416 e. The molecule has 2 aromatic rings. The van der Waals surface area contributed by atoms with Crippen molar-refractivity contribution in [2.45, 2.75) is 19.3 Å². The Morgan fingerprint density at radius 3 is 2.33 bits per heavy atom. The average molecular weight is 255 g/mol. The summed E-state index contributed by atoms with van der Waals surface area (Å²) in [6.07, 6.45) is -0.905. The van der Waals surface area contributed by atoms with Crippen LogP contribution in [0, 0.1) is 0 Å². The molecular formula is C12H12F3N3. The lowest BCUT2D eigenvalue weighted by Crippen LogP contribution is -2.05. The van der Waals surface area contributed by atoms with Crippen molar-refractivity contribution in [3.8, 4) is 0 Å². The number of alkyl halides is 3. The lowest BCUT2D eigenvalue weighted by Gasteiger charge is -2.07. The molecule has 1 aromatic heterocycles. The standard InChI is InChI=1S/C12H12F3N3/c13-12(14,15)10-3-1-9(2-4-10)6-18-7-11(5-16)17-8-18/h1-4,7-8H,5-6,16H2. The van der Waals surface area contributed by atoms with E-state index in [-0.39, 0.29) is 0 Å². The van der Waals surface area contributed by atoms with Gasteiger partial charge in [-0.05, 0) is 17.7 Å². The predicted molar refractivity (Wildman–Crippen MR) is 60.7 cm³/mol. The van der Waals surface area contributed by atoms with Crippen molar-refractivity contribution >= 4 is 0 Å². The highest BCUT2D eigenvalue weighted by atomic mass is 19.4. The second kappa shape index (κ2) is 4.81. The van der Waals surface area contributed by atoms with Crippen LogP contribution in [0.2, 0.25) is 0 Å². The molecule has 96 valence electrons. The Morgan fingerprint density at radius 1 is 1.17 bits per heavy atom. The average Bonchev–Trinajstić information content (AvgIpc) is 2.76. The van der Waals surface area contributed by atoms with Gasteiger partial charge in [-0.15, -0.1) is 0 Å². The minimum atomic E-state index is -4.29. The Hall–Kier alpha value is -1.82. The summed E-state index contributed by atoms with van der Waals surface area (Å²) in [5.74, 6) is 0. The minimum absolute atomic E-state index is 0.347. The highest BCUT2D eigenvalue weighted by Gasteiger charge is 2.29. The van der Waals surface area contributed by atoms with Gasteiger partial charge in [-0.2, -0.15) is 13.2 Å². The van der Waals surface area contributed by atoms with Gasteiger partial charge in [-0.3, -0.25) is 0 Å². The van der Waals surface area contributed by atoms with Crippen LogP contribution >= 0.6 is 0 Å². The van der Waals surface area contributed by atoms with Crippen LogP contribution in [0.25, 0.3) is 0 Å². The molecule has 0 aliphatic rings. The molecule has 1 heterocycles. The number of benzene rings is 1. The summed E-state index contributed by atoms with van der Waals surface area (Å²) in [6, 6.07) is 5.09. The molecule has 0 aliphatic heterocycles. The summed E-state index contributed by atoms with van der Waals surface area (Å²) in [4.78, 5) is 4.05. The predicted octanol–water partition coefficient (Wildman–Crippen LogP) is 2.41. The Morgan fingerprint density at radius 2 is 1.83 bits per heavy atom. The summed E-state index contributed by atoms with van der Waals surface area (Å²) in [7, 11) is 0. The van der Waals surface area contributed by atoms with Crippen molar-refractivity contribution in [2.24, 2.45) is 5.73 Å². The SMILES string of the molecule is NCc1cn(Cc2ccc(C(F)(F)F)cc2)cn1. The van der Waals surface area contributed by atoms with Gasteiger partial charge >= 0.3 is 6.18 Å². The second-order valence-electron chi connectivity index (χ2n) is 3.94. The molecule has 0 fully saturated rings. The molecule has 0 atom stereocenters. The molecule has 3 nitrogen and oxygen atoms in total. The molecule has 0 aliphatic carbocycles. The smallest absolute Gasteiger partial charge is 0.333 e. The van der Waals surface area contributed by atoms with Gasteiger partial charge in [-0.25, -0.2) is 4.98 Å². The van der Waals surface area contributed by atoms with E-state index < -0.39 is 11.7 Å². The zero-order valence-electron chi connectivity index (χ0n) is 9.48. The molecule has 2 N–H and O–H groups in total. The first-order valence-electron chi connectivity index (χ1n) is 5.36. The molecule has 1 aromatic carbocycles. The Bertz CT molecular complexity index is 514. The fourth-order valence-electron chi connectivity index (χ4n) is 1.61. The molecule has 0 radical (unpaired) electrons. The van der Waals surface area contributed by atoms with Crippen LogP contribution in [0.1, 0.15) is 16.8 Å². The number of imidazole rings is 1. The number of nitrogens with zero attached hydrogens (tertiary/aromatic N) is 2. The summed E-state index contributed by atoms with van der Waals surface area (Å²) in [5.41, 5.74) is 6.32. The summed E-state index contributed by atoms with van der Waals surface area (Å²) in [6.45, 7) is 0.825. The molecule has 6 heteroatoms. The quantitative estimate of drug-likeness (QED) is 0.915. The fourth-order valence-corrected chi connectivity index (χ4v) is 1.61. The second-order valence-corrected chi connectivity index (χ2v) is 3.94. The highest BCUT2D eigenvalue weighted by molar-refractivity contribution is 5.24. The fraction of sp³-hybridized carbons (Fsp3) is 0.250. The van der Waals surface area contributed by atoms with Gasteiger partial charge in [0.2, 0.25) is 0 Å². The van der Waals surface area contributed by atoms with E-state index in [0.29, 0.717) is 13.1 Å². The van der Waals surface area contributed by atoms with E-state index in [1.807, 2.05) is 0 Å². The summed E-state index contributed by atoms with van der Waals surface area (Å²) >= 11 is 0. The molecular weight excluding hydrogens is 243 g/mol. The molecule has 0 bridgehead atoms. The normalized spacial score (nSPS) is 11.8. The van der Waals surface area contributed by atoms with E-state index in [9.17, 15) is 13.2 Å². The zero-order chi connectivity index (χ0) is 13.2. The molecule has 0 saturated carbocycles. The van der Waals surface area contributed by atoms with Crippen LogP contribution in [-0.4, -0.2) is 9.55 Å². The van der Waals surface area contributed by atoms with E-state index in [4.69, 9.17) is 5.73 Å². The topological polar surface area (TPSA) is 43.8 Å². The summed E-state index contributed by atoms with van der Waals surface area (Å²) < 4.78 is 38.9. The largest absolute Gasteiger partial charge is 0.416 e. The van der Waals surface area contributed by atoms with E-state index in [0.717, 1.165) is 23.4 Å². The number of halogens is 3. The first kappa shape index (κ1) is 12.6. The first-order valence-corrected chi connectivity index (χ1v) is 5.36. The third-order valence-corrected chi connectivity index (χ3v) is 2.54. The van der Waals surface area contributed by atoms with E-state index >= 15 is 0 Å². The van der Waals surface area contributed by atoms with Gasteiger partial charge < -0.3 is 10.3 Å². The van der Waals surface area contributed by atoms with Crippen LogP contribution in [-0.2, 0) is 19.3 Å². The van der Waals surface area contributed by atoms with Crippen molar-refractivity contribution in [2.75, 3.05) is 0 Å². The van der Waals surface area contributed by atoms with Crippen molar-refractivity contribution in [3.05, 3.63) is 53.6 Å².